The van der Waals surface area contributed by atoms with Crippen molar-refractivity contribution in [2.24, 2.45) is 35.5 Å². The van der Waals surface area contributed by atoms with E-state index in [-0.39, 0.29) is 0 Å². The average Bonchev–Trinajstić information content (AvgIpc) is 3.77. The Bertz CT molecular complexity index is 1220. The molecule has 51 heavy (non-hydrogen) atoms. The monoisotopic (exact) mass is 700 g/mol. The van der Waals surface area contributed by atoms with E-state index in [2.05, 4.69) is 194 Å². The van der Waals surface area contributed by atoms with Crippen molar-refractivity contribution in [3.63, 3.8) is 0 Å². The number of aromatic amines is 3. The topological polar surface area (TPSA) is 47.4 Å². The van der Waals surface area contributed by atoms with E-state index in [9.17, 15) is 0 Å². The van der Waals surface area contributed by atoms with Gasteiger partial charge in [-0.15, -0.1) is 0 Å². The summed E-state index contributed by atoms with van der Waals surface area (Å²) in [5.41, 5.74) is 3.62. The van der Waals surface area contributed by atoms with Crippen LogP contribution >= 0.6 is 0 Å². The molecule has 288 valence electrons. The minimum absolute atomic E-state index is 0.833. The lowest BCUT2D eigenvalue weighted by atomic mass is 10.3. The van der Waals surface area contributed by atoms with Crippen LogP contribution in [0.15, 0.2) is 110 Å². The molecule has 0 atom stereocenters. The van der Waals surface area contributed by atoms with Gasteiger partial charge in [-0.3, -0.25) is 0 Å². The van der Waals surface area contributed by atoms with Gasteiger partial charge in [-0.25, -0.2) is 0 Å². The highest BCUT2D eigenvalue weighted by atomic mass is 14.7. The second-order valence-corrected chi connectivity index (χ2v) is 16.6. The largest absolute Gasteiger partial charge is 0.361 e. The van der Waals surface area contributed by atoms with Crippen molar-refractivity contribution in [3.05, 3.63) is 110 Å². The van der Waals surface area contributed by atoms with Crippen LogP contribution in [0, 0.1) is 35.5 Å². The molecule has 6 aromatic rings. The van der Waals surface area contributed by atoms with E-state index < -0.39 is 0 Å². The quantitative estimate of drug-likeness (QED) is 0.141. The van der Waals surface area contributed by atoms with Crippen LogP contribution in [-0.2, 0) is 0 Å². The predicted octanol–water partition coefficient (Wildman–Crippen LogP) is 16.5. The van der Waals surface area contributed by atoms with Crippen LogP contribution in [0.3, 0.4) is 0 Å². The van der Waals surface area contributed by atoms with Crippen LogP contribution in [-0.4, -0.2) is 15.0 Å². The Labute approximate surface area is 316 Å². The second kappa shape index (κ2) is 33.4. The van der Waals surface area contributed by atoms with Gasteiger partial charge in [0.1, 0.15) is 0 Å². The van der Waals surface area contributed by atoms with Gasteiger partial charge in [-0.05, 0) is 88.1 Å². The minimum Gasteiger partial charge on any atom is -0.361 e. The molecule has 0 saturated heterocycles. The first kappa shape index (κ1) is 51.6. The SMILES string of the molecule is CC(C)C.CC(C)C.CC(C)C.CC(C)C.CC(C)C.CC(C)C.c1ccc2[nH]ccc2c1.c1ccc2[nH]ccc2c1.c1ccc2[nH]ccc2c1. The summed E-state index contributed by atoms with van der Waals surface area (Å²) in [5, 5.41) is 3.83. The molecule has 0 aliphatic rings. The Balaban J connectivity index is -0.000000527. The lowest BCUT2D eigenvalue weighted by molar-refractivity contribution is 0.736. The normalized spacial score (nSPS) is 9.65. The van der Waals surface area contributed by atoms with E-state index >= 15 is 0 Å². The summed E-state index contributed by atoms with van der Waals surface area (Å²) in [4.78, 5) is 9.36. The molecular formula is C48H81N3. The third-order valence-electron chi connectivity index (χ3n) is 4.39. The predicted molar refractivity (Wildman–Crippen MR) is 238 cm³/mol. The van der Waals surface area contributed by atoms with Gasteiger partial charge in [0.05, 0.1) is 0 Å². The zero-order valence-corrected chi connectivity index (χ0v) is 36.4. The fourth-order valence-electron chi connectivity index (χ4n) is 2.99. The Hall–Kier alpha value is -3.72. The smallest absolute Gasteiger partial charge is 0.0453 e. The third kappa shape index (κ3) is 40.6. The molecule has 3 heterocycles. The van der Waals surface area contributed by atoms with Crippen molar-refractivity contribution in [1.82, 2.24) is 15.0 Å². The molecule has 0 aliphatic carbocycles. The minimum atomic E-state index is 0.833. The van der Waals surface area contributed by atoms with E-state index in [1.807, 2.05) is 55.0 Å². The van der Waals surface area contributed by atoms with E-state index in [4.69, 9.17) is 0 Å². The summed E-state index contributed by atoms with van der Waals surface area (Å²) in [5.74, 6) is 5.00. The van der Waals surface area contributed by atoms with Gasteiger partial charge in [-0.1, -0.05) is 179 Å². The first-order valence-electron chi connectivity index (χ1n) is 19.4. The van der Waals surface area contributed by atoms with Gasteiger partial charge in [0.25, 0.3) is 0 Å². The first-order valence-corrected chi connectivity index (χ1v) is 19.4. The molecule has 0 aliphatic heterocycles. The molecule has 0 radical (unpaired) electrons. The number of rotatable bonds is 0. The molecule has 0 unspecified atom stereocenters. The highest BCUT2D eigenvalue weighted by molar-refractivity contribution is 5.80. The maximum absolute atomic E-state index is 3.12. The van der Waals surface area contributed by atoms with Gasteiger partial charge in [0.2, 0.25) is 0 Å². The maximum Gasteiger partial charge on any atom is 0.0453 e. The summed E-state index contributed by atoms with van der Waals surface area (Å²) in [7, 11) is 0. The molecule has 3 nitrogen and oxygen atoms in total. The van der Waals surface area contributed by atoms with Crippen LogP contribution in [0.1, 0.15) is 125 Å². The number of aromatic nitrogens is 3. The Morgan fingerprint density at radius 2 is 0.412 bits per heavy atom. The highest BCUT2D eigenvalue weighted by Gasteiger charge is 1.88. The van der Waals surface area contributed by atoms with Gasteiger partial charge in [-0.2, -0.15) is 0 Å². The molecule has 3 N–H and O–H groups in total. The number of hydrogen-bond acceptors (Lipinski definition) is 0. The summed E-state index contributed by atoms with van der Waals surface area (Å²) in [6, 6.07) is 30.8. The Morgan fingerprint density at radius 3 is 0.569 bits per heavy atom. The summed E-state index contributed by atoms with van der Waals surface area (Å²) in [6.07, 6.45) is 5.85. The summed E-state index contributed by atoms with van der Waals surface area (Å²) < 4.78 is 0. The second-order valence-electron chi connectivity index (χ2n) is 16.6. The van der Waals surface area contributed by atoms with Crippen LogP contribution in [0.25, 0.3) is 32.7 Å². The molecule has 3 heteroatoms. The molecular weight excluding hydrogens is 619 g/mol. The van der Waals surface area contributed by atoms with Gasteiger partial charge in [0, 0.05) is 35.1 Å². The van der Waals surface area contributed by atoms with E-state index in [0.717, 1.165) is 35.5 Å². The van der Waals surface area contributed by atoms with Crippen LogP contribution in [0.4, 0.5) is 0 Å². The highest BCUT2D eigenvalue weighted by Crippen LogP contribution is 2.10. The third-order valence-corrected chi connectivity index (χ3v) is 4.39. The average molecular weight is 700 g/mol. The summed E-state index contributed by atoms with van der Waals surface area (Å²) in [6.45, 7) is 39.0. The molecule has 0 fully saturated rings. The fraction of sp³-hybridized carbons (Fsp3) is 0.500. The van der Waals surface area contributed by atoms with Crippen LogP contribution in [0.5, 0.6) is 0 Å². The van der Waals surface area contributed by atoms with Crippen molar-refractivity contribution >= 4 is 32.7 Å². The lowest BCUT2D eigenvalue weighted by Gasteiger charge is -1.83. The zero-order valence-electron chi connectivity index (χ0n) is 36.4. The number of fused-ring (bicyclic) bond motifs is 3. The van der Waals surface area contributed by atoms with Gasteiger partial charge >= 0.3 is 0 Å². The van der Waals surface area contributed by atoms with E-state index in [1.165, 1.54) is 32.7 Å². The molecule has 6 rings (SSSR count). The number of nitrogens with one attached hydrogen (secondary N) is 3. The van der Waals surface area contributed by atoms with Gasteiger partial charge in [0.15, 0.2) is 0 Å². The molecule has 0 spiro atoms. The van der Waals surface area contributed by atoms with Crippen molar-refractivity contribution in [2.45, 2.75) is 125 Å². The number of para-hydroxylation sites is 3. The van der Waals surface area contributed by atoms with Crippen molar-refractivity contribution in [3.8, 4) is 0 Å². The Morgan fingerprint density at radius 1 is 0.255 bits per heavy atom. The molecule has 0 amide bonds. The number of benzene rings is 3. The number of hydrogen-bond donors (Lipinski definition) is 3. The van der Waals surface area contributed by atoms with Crippen molar-refractivity contribution in [2.75, 3.05) is 0 Å². The maximum atomic E-state index is 3.12. The lowest BCUT2D eigenvalue weighted by Crippen LogP contribution is -1.66. The molecule has 0 bridgehead atoms. The fourth-order valence-corrected chi connectivity index (χ4v) is 2.99. The summed E-state index contributed by atoms with van der Waals surface area (Å²) >= 11 is 0. The number of H-pyrrole nitrogens is 3. The van der Waals surface area contributed by atoms with Crippen molar-refractivity contribution < 1.29 is 0 Å². The van der Waals surface area contributed by atoms with Crippen LogP contribution < -0.4 is 0 Å². The van der Waals surface area contributed by atoms with Crippen LogP contribution in [0.2, 0.25) is 0 Å². The Kier molecular flexibility index (Phi) is 33.8. The first-order chi connectivity index (χ1) is 23.8. The van der Waals surface area contributed by atoms with Crippen molar-refractivity contribution in [1.29, 1.82) is 0 Å². The molecule has 3 aromatic heterocycles. The molecule has 0 saturated carbocycles. The molecule has 3 aromatic carbocycles. The standard InChI is InChI=1S/3C8H7N.6C4H10/c3*1-2-4-8-7(3-1)5-6-9-8;6*1-4(2)3/h3*1-6,9H;6*4H,1-3H3. The zero-order chi connectivity index (χ0) is 39.8. The van der Waals surface area contributed by atoms with Gasteiger partial charge < -0.3 is 15.0 Å². The van der Waals surface area contributed by atoms with E-state index in [0.29, 0.717) is 0 Å². The van der Waals surface area contributed by atoms with E-state index in [1.54, 1.807) is 0 Å².